The van der Waals surface area contributed by atoms with Crippen LogP contribution in [0.3, 0.4) is 0 Å². The number of rotatable bonds is 6. The minimum Gasteiger partial charge on any atom is -0.375 e. The molecule has 2 saturated heterocycles. The van der Waals surface area contributed by atoms with E-state index in [9.17, 15) is 4.79 Å². The summed E-state index contributed by atoms with van der Waals surface area (Å²) in [6, 6.07) is 8.34. The summed E-state index contributed by atoms with van der Waals surface area (Å²) in [5.41, 5.74) is 3.53. The zero-order chi connectivity index (χ0) is 23.5. The van der Waals surface area contributed by atoms with Crippen molar-refractivity contribution in [1.82, 2.24) is 25.0 Å². The smallest absolute Gasteiger partial charge is 0.231 e. The number of nitrogens with zero attached hydrogens (tertiary/aromatic N) is 4. The largest absolute Gasteiger partial charge is 0.375 e. The molecule has 2 aliphatic rings. The van der Waals surface area contributed by atoms with E-state index in [0.29, 0.717) is 19.0 Å². The number of nitrogens with one attached hydrogen (secondary N) is 2. The summed E-state index contributed by atoms with van der Waals surface area (Å²) < 4.78 is 7.74. The molecule has 1 amide bonds. The third-order valence-corrected chi connectivity index (χ3v) is 7.10. The summed E-state index contributed by atoms with van der Waals surface area (Å²) >= 11 is 0. The lowest BCUT2D eigenvalue weighted by Crippen LogP contribution is -2.45. The Hall–Kier alpha value is -2.81. The number of aromatic nitrogens is 3. The molecule has 4 heterocycles. The summed E-state index contributed by atoms with van der Waals surface area (Å²) in [7, 11) is 2.02. The molecule has 34 heavy (non-hydrogen) atoms. The molecule has 1 aromatic carbocycles. The molecule has 0 bridgehead atoms. The average Bonchev–Trinajstić information content (AvgIpc) is 3.24. The van der Waals surface area contributed by atoms with Crippen LogP contribution in [0.25, 0.3) is 21.9 Å². The number of ether oxygens (including phenoxy) is 1. The van der Waals surface area contributed by atoms with Crippen molar-refractivity contribution in [3.63, 3.8) is 0 Å². The monoisotopic (exact) mass is 462 g/mol. The number of aryl methyl sites for hydroxylation is 1. The molecule has 2 fully saturated rings. The Kier molecular flexibility index (Phi) is 6.89. The molecule has 5 rings (SSSR count). The highest BCUT2D eigenvalue weighted by atomic mass is 16.5. The number of benzene rings is 1. The second kappa shape index (κ2) is 10.2. The number of amides is 1. The van der Waals surface area contributed by atoms with Crippen LogP contribution in [-0.4, -0.2) is 64.5 Å². The maximum absolute atomic E-state index is 12.8. The van der Waals surface area contributed by atoms with Crippen molar-refractivity contribution in [2.75, 3.05) is 38.1 Å². The van der Waals surface area contributed by atoms with Crippen molar-refractivity contribution in [2.45, 2.75) is 38.8 Å². The number of carbonyl (C=O) groups is 1. The van der Waals surface area contributed by atoms with E-state index < -0.39 is 0 Å². The molecule has 3 aromatic rings. The Morgan fingerprint density at radius 3 is 2.85 bits per heavy atom. The van der Waals surface area contributed by atoms with Crippen LogP contribution < -0.4 is 10.6 Å². The molecule has 2 unspecified atom stereocenters. The van der Waals surface area contributed by atoms with Gasteiger partial charge in [-0.15, -0.1) is 0 Å². The fraction of sp³-hybridized carbons (Fsp3) is 0.500. The van der Waals surface area contributed by atoms with Gasteiger partial charge in [0.1, 0.15) is 5.82 Å². The van der Waals surface area contributed by atoms with Crippen molar-refractivity contribution in [2.24, 2.45) is 13.0 Å². The molecule has 2 atom stereocenters. The van der Waals surface area contributed by atoms with Gasteiger partial charge in [0.15, 0.2) is 0 Å². The molecule has 2 aromatic heterocycles. The van der Waals surface area contributed by atoms with Gasteiger partial charge in [0.05, 0.1) is 30.5 Å². The number of anilines is 1. The summed E-state index contributed by atoms with van der Waals surface area (Å²) in [5.74, 6) is 0.224. The number of likely N-dealkylation sites (tertiary alicyclic amines) is 1. The molecule has 0 radical (unpaired) electrons. The van der Waals surface area contributed by atoms with E-state index in [1.165, 1.54) is 25.0 Å². The number of morpholine rings is 1. The maximum Gasteiger partial charge on any atom is 0.231 e. The topological polar surface area (TPSA) is 84.3 Å². The summed E-state index contributed by atoms with van der Waals surface area (Å²) in [5, 5.41) is 12.9. The lowest BCUT2D eigenvalue weighted by Gasteiger charge is -2.27. The SMILES string of the molecule is CC(C(=O)Nc1cc2cc(-c3cnn(C)c3CN3CCCCC3)ccc2cn1)C1CNCCO1. The third kappa shape index (κ3) is 4.99. The van der Waals surface area contributed by atoms with Gasteiger partial charge in [0, 0.05) is 43.8 Å². The first-order chi connectivity index (χ1) is 16.6. The van der Waals surface area contributed by atoms with E-state index in [4.69, 9.17) is 4.74 Å². The van der Waals surface area contributed by atoms with Gasteiger partial charge >= 0.3 is 0 Å². The number of pyridine rings is 1. The van der Waals surface area contributed by atoms with Crippen LogP contribution >= 0.6 is 0 Å². The Balaban J connectivity index is 1.36. The number of hydrogen-bond acceptors (Lipinski definition) is 6. The highest BCUT2D eigenvalue weighted by Crippen LogP contribution is 2.29. The van der Waals surface area contributed by atoms with Crippen LogP contribution in [0.2, 0.25) is 0 Å². The lowest BCUT2D eigenvalue weighted by atomic mass is 10.0. The standard InChI is InChI=1S/C26H34N6O2/c1-18(24-16-27-8-11-34-24)26(33)30-25-13-21-12-19(6-7-20(21)14-28-25)22-15-29-31(2)23(22)17-32-9-4-3-5-10-32/h6-7,12-15,18,24,27H,3-5,8-11,16-17H2,1-2H3,(H,28,30,33). The zero-order valence-corrected chi connectivity index (χ0v) is 20.1. The van der Waals surface area contributed by atoms with Crippen LogP contribution in [0.4, 0.5) is 5.82 Å². The maximum atomic E-state index is 12.8. The second-order valence-electron chi connectivity index (χ2n) is 9.49. The first-order valence-corrected chi connectivity index (χ1v) is 12.3. The van der Waals surface area contributed by atoms with Gasteiger partial charge in [-0.3, -0.25) is 14.4 Å². The first-order valence-electron chi connectivity index (χ1n) is 12.3. The number of carbonyl (C=O) groups excluding carboxylic acids is 1. The Morgan fingerprint density at radius 2 is 2.06 bits per heavy atom. The van der Waals surface area contributed by atoms with E-state index >= 15 is 0 Å². The number of hydrogen-bond donors (Lipinski definition) is 2. The molecular weight excluding hydrogens is 428 g/mol. The fourth-order valence-corrected chi connectivity index (χ4v) is 4.91. The van der Waals surface area contributed by atoms with E-state index in [0.717, 1.165) is 48.1 Å². The van der Waals surface area contributed by atoms with Crippen LogP contribution in [0.1, 0.15) is 31.9 Å². The summed E-state index contributed by atoms with van der Waals surface area (Å²) in [6.45, 7) is 7.27. The van der Waals surface area contributed by atoms with Crippen molar-refractivity contribution in [3.8, 4) is 11.1 Å². The van der Waals surface area contributed by atoms with E-state index in [1.807, 2.05) is 37.1 Å². The van der Waals surface area contributed by atoms with Gasteiger partial charge < -0.3 is 15.4 Å². The normalized spacial score (nSPS) is 20.4. The van der Waals surface area contributed by atoms with E-state index in [2.05, 4.69) is 43.8 Å². The predicted molar refractivity (Wildman–Crippen MR) is 133 cm³/mol. The van der Waals surface area contributed by atoms with Crippen LogP contribution in [0.15, 0.2) is 36.7 Å². The highest BCUT2D eigenvalue weighted by molar-refractivity contribution is 5.95. The summed E-state index contributed by atoms with van der Waals surface area (Å²) in [6.07, 6.45) is 7.53. The molecular formula is C26H34N6O2. The second-order valence-corrected chi connectivity index (χ2v) is 9.49. The third-order valence-electron chi connectivity index (χ3n) is 7.10. The van der Waals surface area contributed by atoms with E-state index in [-0.39, 0.29) is 17.9 Å². The summed E-state index contributed by atoms with van der Waals surface area (Å²) in [4.78, 5) is 19.8. The molecule has 0 saturated carbocycles. The van der Waals surface area contributed by atoms with Gasteiger partial charge in [-0.2, -0.15) is 5.10 Å². The minimum atomic E-state index is -0.260. The van der Waals surface area contributed by atoms with Crippen molar-refractivity contribution in [3.05, 3.63) is 42.4 Å². The lowest BCUT2D eigenvalue weighted by molar-refractivity contribution is -0.125. The molecule has 0 spiro atoms. The molecule has 0 aliphatic carbocycles. The quantitative estimate of drug-likeness (QED) is 0.585. The molecule has 8 nitrogen and oxygen atoms in total. The minimum absolute atomic E-state index is 0.0761. The highest BCUT2D eigenvalue weighted by Gasteiger charge is 2.26. The van der Waals surface area contributed by atoms with Gasteiger partial charge in [0.2, 0.25) is 5.91 Å². The Morgan fingerprint density at radius 1 is 1.21 bits per heavy atom. The van der Waals surface area contributed by atoms with Gasteiger partial charge in [-0.05, 0) is 49.0 Å². The van der Waals surface area contributed by atoms with Gasteiger partial charge in [-0.25, -0.2) is 4.98 Å². The molecule has 2 N–H and O–H groups in total. The van der Waals surface area contributed by atoms with Gasteiger partial charge in [0.25, 0.3) is 0 Å². The van der Waals surface area contributed by atoms with Crippen LogP contribution in [-0.2, 0) is 23.1 Å². The zero-order valence-electron chi connectivity index (χ0n) is 20.1. The van der Waals surface area contributed by atoms with E-state index in [1.54, 1.807) is 0 Å². The van der Waals surface area contributed by atoms with Crippen LogP contribution in [0.5, 0.6) is 0 Å². The molecule has 2 aliphatic heterocycles. The van der Waals surface area contributed by atoms with Crippen molar-refractivity contribution < 1.29 is 9.53 Å². The fourth-order valence-electron chi connectivity index (χ4n) is 4.91. The van der Waals surface area contributed by atoms with Crippen molar-refractivity contribution in [1.29, 1.82) is 0 Å². The van der Waals surface area contributed by atoms with Crippen molar-refractivity contribution >= 4 is 22.5 Å². The first kappa shape index (κ1) is 23.0. The Bertz CT molecular complexity index is 1150. The number of fused-ring (bicyclic) bond motifs is 1. The van der Waals surface area contributed by atoms with Gasteiger partial charge in [-0.1, -0.05) is 25.5 Å². The Labute approximate surface area is 200 Å². The average molecular weight is 463 g/mol. The number of piperidine rings is 1. The molecule has 180 valence electrons. The predicted octanol–water partition coefficient (Wildman–Crippen LogP) is 3.18. The molecule has 8 heteroatoms. The van der Waals surface area contributed by atoms with Crippen LogP contribution in [0, 0.1) is 5.92 Å².